The van der Waals surface area contributed by atoms with Crippen LogP contribution in [0.2, 0.25) is 0 Å². The van der Waals surface area contributed by atoms with E-state index in [1.165, 1.54) is 0 Å². The molecule has 2 saturated carbocycles. The van der Waals surface area contributed by atoms with Gasteiger partial charge in [0.05, 0.1) is 11.6 Å². The Morgan fingerprint density at radius 2 is 1.61 bits per heavy atom. The van der Waals surface area contributed by atoms with Crippen LogP contribution in [-0.2, 0) is 0 Å². The largest absolute Gasteiger partial charge is 0.391 e. The van der Waals surface area contributed by atoms with Gasteiger partial charge in [0.2, 0.25) is 5.92 Å². The van der Waals surface area contributed by atoms with Crippen molar-refractivity contribution in [2.75, 3.05) is 0 Å². The van der Waals surface area contributed by atoms with E-state index in [1.54, 1.807) is 12.1 Å². The smallest absolute Gasteiger partial charge is 0.256 e. The number of halogens is 6. The Hall–Kier alpha value is -0.720. The highest BCUT2D eigenvalue weighted by Gasteiger charge is 2.47. The molecule has 7 heteroatoms. The third kappa shape index (κ3) is 3.69. The van der Waals surface area contributed by atoms with Gasteiger partial charge < -0.3 is 0 Å². The second-order valence-electron chi connectivity index (χ2n) is 6.65. The zero-order valence-electron chi connectivity index (χ0n) is 12.3. The minimum atomic E-state index is -4.13. The normalized spacial score (nSPS) is 28.4. The Morgan fingerprint density at radius 3 is 2.13 bits per heavy atom. The lowest BCUT2D eigenvalue weighted by Crippen LogP contribution is -2.34. The SMILES string of the molecule is FC1(F)CC(c2ccc(Br)c(C3CCC(C(F)(F)F)CC3)n2)C1. The molecule has 2 aliphatic rings. The number of aromatic nitrogens is 1. The molecular formula is C16H17BrF5N. The number of hydrogen-bond acceptors (Lipinski definition) is 1. The van der Waals surface area contributed by atoms with E-state index < -0.39 is 18.0 Å². The van der Waals surface area contributed by atoms with Gasteiger partial charge in [-0.15, -0.1) is 0 Å². The molecule has 0 atom stereocenters. The summed E-state index contributed by atoms with van der Waals surface area (Å²) in [6.45, 7) is 0. The molecule has 128 valence electrons. The predicted octanol–water partition coefficient (Wildman–Crippen LogP) is 6.19. The topological polar surface area (TPSA) is 12.9 Å². The molecule has 1 aromatic heterocycles. The Kier molecular flexibility index (Phi) is 4.44. The standard InChI is InChI=1S/C16H17BrF5N/c17-12-5-6-13(10-7-15(18,19)8-10)23-14(12)9-1-3-11(4-2-9)16(20,21)22/h5-6,9-11H,1-4,7-8H2. The number of rotatable bonds is 2. The first-order chi connectivity index (χ1) is 10.7. The molecule has 0 unspecified atom stereocenters. The molecular weight excluding hydrogens is 381 g/mol. The molecule has 0 amide bonds. The minimum absolute atomic E-state index is 0.0384. The maximum Gasteiger partial charge on any atom is 0.391 e. The summed E-state index contributed by atoms with van der Waals surface area (Å²) in [5.41, 5.74) is 1.35. The van der Waals surface area contributed by atoms with Crippen LogP contribution in [0.1, 0.15) is 61.7 Å². The van der Waals surface area contributed by atoms with Gasteiger partial charge in [0.15, 0.2) is 0 Å². The monoisotopic (exact) mass is 397 g/mol. The van der Waals surface area contributed by atoms with Crippen LogP contribution in [0.3, 0.4) is 0 Å². The van der Waals surface area contributed by atoms with Crippen LogP contribution in [-0.4, -0.2) is 17.1 Å². The highest BCUT2D eigenvalue weighted by molar-refractivity contribution is 9.10. The first-order valence-electron chi connectivity index (χ1n) is 7.76. The van der Waals surface area contributed by atoms with Gasteiger partial charge in [0.1, 0.15) is 0 Å². The van der Waals surface area contributed by atoms with Crippen molar-refractivity contribution in [3.63, 3.8) is 0 Å². The third-order valence-electron chi connectivity index (χ3n) is 4.98. The molecule has 0 aliphatic heterocycles. The van der Waals surface area contributed by atoms with Crippen LogP contribution < -0.4 is 0 Å². The minimum Gasteiger partial charge on any atom is -0.256 e. The molecule has 1 heterocycles. The van der Waals surface area contributed by atoms with E-state index in [9.17, 15) is 22.0 Å². The number of alkyl halides is 5. The van der Waals surface area contributed by atoms with E-state index in [0.717, 1.165) is 10.2 Å². The summed E-state index contributed by atoms with van der Waals surface area (Å²) in [6, 6.07) is 3.51. The van der Waals surface area contributed by atoms with Crippen molar-refractivity contribution in [3.05, 3.63) is 28.0 Å². The maximum atomic E-state index is 13.0. The molecule has 0 spiro atoms. The molecule has 3 rings (SSSR count). The summed E-state index contributed by atoms with van der Waals surface area (Å²) in [5.74, 6) is -4.12. The Morgan fingerprint density at radius 1 is 1.00 bits per heavy atom. The van der Waals surface area contributed by atoms with Gasteiger partial charge in [-0.1, -0.05) is 0 Å². The van der Waals surface area contributed by atoms with Crippen molar-refractivity contribution in [3.8, 4) is 0 Å². The van der Waals surface area contributed by atoms with E-state index in [1.807, 2.05) is 0 Å². The summed E-state index contributed by atoms with van der Waals surface area (Å²) in [5, 5.41) is 0. The Balaban J connectivity index is 1.71. The molecule has 1 aromatic rings. The van der Waals surface area contributed by atoms with Crippen LogP contribution in [0.5, 0.6) is 0 Å². The van der Waals surface area contributed by atoms with Crippen LogP contribution in [0, 0.1) is 5.92 Å². The summed E-state index contributed by atoms with van der Waals surface area (Å²) >= 11 is 3.40. The van der Waals surface area contributed by atoms with Gasteiger partial charge in [-0.25, -0.2) is 8.78 Å². The highest BCUT2D eigenvalue weighted by atomic mass is 79.9. The third-order valence-corrected chi connectivity index (χ3v) is 5.65. The van der Waals surface area contributed by atoms with Gasteiger partial charge >= 0.3 is 6.18 Å². The van der Waals surface area contributed by atoms with Crippen molar-refractivity contribution < 1.29 is 22.0 Å². The first-order valence-corrected chi connectivity index (χ1v) is 8.56. The first kappa shape index (κ1) is 17.1. The van der Waals surface area contributed by atoms with E-state index in [0.29, 0.717) is 18.5 Å². The molecule has 2 fully saturated rings. The molecule has 0 aromatic carbocycles. The maximum absolute atomic E-state index is 13.0. The summed E-state index contributed by atoms with van der Waals surface area (Å²) in [6.07, 6.45) is -3.44. The molecule has 0 N–H and O–H groups in total. The van der Waals surface area contributed by atoms with Gasteiger partial charge in [0.25, 0.3) is 0 Å². The fraction of sp³-hybridized carbons (Fsp3) is 0.688. The van der Waals surface area contributed by atoms with Crippen LogP contribution in [0.15, 0.2) is 16.6 Å². The number of nitrogens with zero attached hydrogens (tertiary/aromatic N) is 1. The van der Waals surface area contributed by atoms with Crippen molar-refractivity contribution in [1.29, 1.82) is 0 Å². The molecule has 0 radical (unpaired) electrons. The summed E-state index contributed by atoms with van der Waals surface area (Å²) < 4.78 is 65.0. The van der Waals surface area contributed by atoms with Crippen LogP contribution in [0.25, 0.3) is 0 Å². The van der Waals surface area contributed by atoms with Gasteiger partial charge in [0, 0.05) is 34.8 Å². The van der Waals surface area contributed by atoms with Gasteiger partial charge in [-0.3, -0.25) is 4.98 Å². The molecule has 0 saturated heterocycles. The summed E-state index contributed by atoms with van der Waals surface area (Å²) in [7, 11) is 0. The second kappa shape index (κ2) is 5.97. The van der Waals surface area contributed by atoms with Crippen molar-refractivity contribution >= 4 is 15.9 Å². The lowest BCUT2D eigenvalue weighted by Gasteiger charge is -2.35. The lowest BCUT2D eigenvalue weighted by molar-refractivity contribution is -0.182. The van der Waals surface area contributed by atoms with Crippen molar-refractivity contribution in [2.24, 2.45) is 5.92 Å². The highest BCUT2D eigenvalue weighted by Crippen LogP contribution is 2.49. The predicted molar refractivity (Wildman–Crippen MR) is 79.6 cm³/mol. The van der Waals surface area contributed by atoms with Crippen molar-refractivity contribution in [1.82, 2.24) is 4.98 Å². The van der Waals surface area contributed by atoms with Crippen LogP contribution >= 0.6 is 15.9 Å². The van der Waals surface area contributed by atoms with E-state index >= 15 is 0 Å². The molecule has 1 nitrogen and oxygen atoms in total. The van der Waals surface area contributed by atoms with E-state index in [2.05, 4.69) is 20.9 Å². The second-order valence-corrected chi connectivity index (χ2v) is 7.51. The fourth-order valence-corrected chi connectivity index (χ4v) is 4.10. The Labute approximate surface area is 139 Å². The molecule has 2 aliphatic carbocycles. The van der Waals surface area contributed by atoms with Crippen LogP contribution in [0.4, 0.5) is 22.0 Å². The van der Waals surface area contributed by atoms with E-state index in [-0.39, 0.29) is 37.5 Å². The van der Waals surface area contributed by atoms with Crippen molar-refractivity contribution in [2.45, 2.75) is 62.5 Å². The fourth-order valence-electron chi connectivity index (χ4n) is 3.55. The quantitative estimate of drug-likeness (QED) is 0.541. The average molecular weight is 398 g/mol. The number of pyridine rings is 1. The van der Waals surface area contributed by atoms with E-state index in [4.69, 9.17) is 0 Å². The number of hydrogen-bond donors (Lipinski definition) is 0. The molecule has 0 bridgehead atoms. The molecule has 23 heavy (non-hydrogen) atoms. The lowest BCUT2D eigenvalue weighted by atomic mass is 9.78. The zero-order valence-corrected chi connectivity index (χ0v) is 13.9. The van der Waals surface area contributed by atoms with Gasteiger partial charge in [-0.05, 0) is 53.7 Å². The summed E-state index contributed by atoms with van der Waals surface area (Å²) in [4.78, 5) is 4.51. The van der Waals surface area contributed by atoms with Gasteiger partial charge in [-0.2, -0.15) is 13.2 Å². The Bertz CT molecular complexity index is 570. The zero-order chi connectivity index (χ0) is 16.8. The average Bonchev–Trinajstić information content (AvgIpc) is 2.44.